The highest BCUT2D eigenvalue weighted by Crippen LogP contribution is 2.40. The smallest absolute Gasteiger partial charge is 0.309 e. The molecule has 1 unspecified atom stereocenters. The highest BCUT2D eigenvalue weighted by atomic mass is 32.2. The van der Waals surface area contributed by atoms with Gasteiger partial charge in [0.05, 0.1) is 13.5 Å². The number of benzene rings is 2. The first-order valence-corrected chi connectivity index (χ1v) is 11.8. The van der Waals surface area contributed by atoms with E-state index in [-0.39, 0.29) is 18.8 Å². The summed E-state index contributed by atoms with van der Waals surface area (Å²) in [5.74, 6) is -0.368. The average molecular weight is 426 g/mol. The third kappa shape index (κ3) is 4.33. The second kappa shape index (κ2) is 8.88. The topological polar surface area (TPSA) is 76.2 Å². The number of hydrogen-bond acceptors (Lipinski definition) is 4. The molecular weight excluding hydrogens is 398 g/mol. The number of ether oxygens (including phenoxy) is 1. The van der Waals surface area contributed by atoms with Crippen LogP contribution in [0.2, 0.25) is 0 Å². The van der Waals surface area contributed by atoms with Gasteiger partial charge in [0.2, 0.25) is 0 Å². The van der Waals surface area contributed by atoms with Crippen LogP contribution in [0.3, 0.4) is 0 Å². The first kappa shape index (κ1) is 21.8. The zero-order chi connectivity index (χ0) is 21.8. The SMILES string of the molecule is CCc1ccc(CC(c2cccc(CC(=O)OC)c2)(c2ccc[nH]2)S(C)(=O)=O)cc1. The van der Waals surface area contributed by atoms with Crippen LogP contribution in [0.15, 0.2) is 66.9 Å². The van der Waals surface area contributed by atoms with Crippen LogP contribution in [0.1, 0.15) is 34.9 Å². The molecule has 1 heterocycles. The number of aryl methyl sites for hydroxylation is 1. The maximum Gasteiger partial charge on any atom is 0.309 e. The minimum absolute atomic E-state index is 0.0834. The fraction of sp³-hybridized carbons (Fsp3) is 0.292. The molecular formula is C24H27NO4S. The third-order valence-corrected chi connectivity index (χ3v) is 7.39. The van der Waals surface area contributed by atoms with Crippen molar-refractivity contribution in [1.29, 1.82) is 0 Å². The van der Waals surface area contributed by atoms with Crippen LogP contribution in [0.25, 0.3) is 0 Å². The highest BCUT2D eigenvalue weighted by Gasteiger charge is 2.45. The zero-order valence-electron chi connectivity index (χ0n) is 17.5. The van der Waals surface area contributed by atoms with E-state index in [1.54, 1.807) is 36.5 Å². The molecule has 0 saturated heterocycles. The van der Waals surface area contributed by atoms with Crippen molar-refractivity contribution in [3.63, 3.8) is 0 Å². The molecule has 1 N–H and O–H groups in total. The van der Waals surface area contributed by atoms with Gasteiger partial charge < -0.3 is 9.72 Å². The molecule has 0 saturated carbocycles. The molecule has 0 aliphatic heterocycles. The van der Waals surface area contributed by atoms with E-state index in [0.717, 1.165) is 12.0 Å². The van der Waals surface area contributed by atoms with Crippen molar-refractivity contribution < 1.29 is 17.9 Å². The van der Waals surface area contributed by atoms with Crippen LogP contribution >= 0.6 is 0 Å². The van der Waals surface area contributed by atoms with Crippen molar-refractivity contribution in [3.05, 3.63) is 94.8 Å². The molecule has 1 aromatic heterocycles. The van der Waals surface area contributed by atoms with Crippen LogP contribution < -0.4 is 0 Å². The molecule has 6 heteroatoms. The molecule has 5 nitrogen and oxygen atoms in total. The maximum atomic E-state index is 13.4. The summed E-state index contributed by atoms with van der Waals surface area (Å²) in [7, 11) is -2.28. The Balaban J connectivity index is 2.19. The lowest BCUT2D eigenvalue weighted by Gasteiger charge is -2.32. The Morgan fingerprint density at radius 3 is 2.27 bits per heavy atom. The van der Waals surface area contributed by atoms with Gasteiger partial charge in [0.15, 0.2) is 9.84 Å². The molecule has 0 radical (unpaired) electrons. The molecule has 1 atom stereocenters. The summed E-state index contributed by atoms with van der Waals surface area (Å²) >= 11 is 0. The van der Waals surface area contributed by atoms with E-state index >= 15 is 0 Å². The molecule has 0 aliphatic carbocycles. The number of hydrogen-bond donors (Lipinski definition) is 1. The average Bonchev–Trinajstić information content (AvgIpc) is 3.26. The number of sulfone groups is 1. The number of H-pyrrole nitrogens is 1. The predicted molar refractivity (Wildman–Crippen MR) is 118 cm³/mol. The Kier molecular flexibility index (Phi) is 6.46. The monoisotopic (exact) mass is 425 g/mol. The second-order valence-electron chi connectivity index (χ2n) is 7.48. The molecule has 0 aliphatic rings. The Labute approximate surface area is 178 Å². The van der Waals surface area contributed by atoms with Gasteiger partial charge >= 0.3 is 5.97 Å². The number of carbonyl (C=O) groups excluding carboxylic acids is 1. The molecule has 0 amide bonds. The lowest BCUT2D eigenvalue weighted by molar-refractivity contribution is -0.139. The van der Waals surface area contributed by atoms with Crippen molar-refractivity contribution >= 4 is 15.8 Å². The molecule has 3 rings (SSSR count). The number of nitrogens with one attached hydrogen (secondary N) is 1. The fourth-order valence-electron chi connectivity index (χ4n) is 3.83. The molecule has 0 spiro atoms. The highest BCUT2D eigenvalue weighted by molar-refractivity contribution is 7.91. The largest absolute Gasteiger partial charge is 0.469 e. The van der Waals surface area contributed by atoms with Gasteiger partial charge in [-0.05, 0) is 40.8 Å². The maximum absolute atomic E-state index is 13.4. The summed E-state index contributed by atoms with van der Waals surface area (Å²) in [6.07, 6.45) is 4.27. The molecule has 0 bridgehead atoms. The third-order valence-electron chi connectivity index (χ3n) is 5.52. The Bertz CT molecular complexity index is 1100. The minimum Gasteiger partial charge on any atom is -0.469 e. The Hall–Kier alpha value is -2.86. The summed E-state index contributed by atoms with van der Waals surface area (Å²) in [5.41, 5.74) is 4.04. The summed E-state index contributed by atoms with van der Waals surface area (Å²) in [5, 5.41) is 0. The van der Waals surface area contributed by atoms with Crippen molar-refractivity contribution in [1.82, 2.24) is 4.98 Å². The van der Waals surface area contributed by atoms with Crippen LogP contribution in [0.5, 0.6) is 0 Å². The summed E-state index contributed by atoms with van der Waals surface area (Å²) in [6.45, 7) is 2.08. The van der Waals surface area contributed by atoms with Gasteiger partial charge in [-0.15, -0.1) is 0 Å². The van der Waals surface area contributed by atoms with Crippen LogP contribution in [-0.2, 0) is 43.4 Å². The van der Waals surface area contributed by atoms with E-state index in [0.29, 0.717) is 16.8 Å². The van der Waals surface area contributed by atoms with Gasteiger partial charge in [0.1, 0.15) is 4.75 Å². The van der Waals surface area contributed by atoms with Gasteiger partial charge in [-0.3, -0.25) is 4.79 Å². The molecule has 158 valence electrons. The van der Waals surface area contributed by atoms with Gasteiger partial charge in [-0.2, -0.15) is 0 Å². The molecule has 30 heavy (non-hydrogen) atoms. The van der Waals surface area contributed by atoms with Crippen LogP contribution in [-0.4, -0.2) is 32.7 Å². The van der Waals surface area contributed by atoms with Crippen molar-refractivity contribution in [2.45, 2.75) is 30.9 Å². The van der Waals surface area contributed by atoms with Crippen LogP contribution in [0.4, 0.5) is 0 Å². The number of esters is 1. The van der Waals surface area contributed by atoms with Crippen LogP contribution in [0, 0.1) is 0 Å². The number of aromatic amines is 1. The first-order chi connectivity index (χ1) is 14.3. The normalized spacial score (nSPS) is 13.6. The molecule has 0 fully saturated rings. The van der Waals surface area contributed by atoms with Gasteiger partial charge in [0.25, 0.3) is 0 Å². The molecule has 3 aromatic rings. The van der Waals surface area contributed by atoms with Crippen molar-refractivity contribution in [2.75, 3.05) is 13.4 Å². The second-order valence-corrected chi connectivity index (χ2v) is 9.72. The number of aromatic nitrogens is 1. The van der Waals surface area contributed by atoms with E-state index in [9.17, 15) is 13.2 Å². The number of methoxy groups -OCH3 is 1. The van der Waals surface area contributed by atoms with Gasteiger partial charge in [-0.1, -0.05) is 55.5 Å². The Morgan fingerprint density at radius 2 is 1.70 bits per heavy atom. The lowest BCUT2D eigenvalue weighted by Crippen LogP contribution is -2.39. The molecule has 2 aromatic carbocycles. The fourth-order valence-corrected chi connectivity index (χ4v) is 5.34. The first-order valence-electron chi connectivity index (χ1n) is 9.87. The van der Waals surface area contributed by atoms with E-state index in [1.807, 2.05) is 30.3 Å². The van der Waals surface area contributed by atoms with Crippen molar-refractivity contribution in [3.8, 4) is 0 Å². The van der Waals surface area contributed by atoms with E-state index in [1.165, 1.54) is 18.9 Å². The Morgan fingerprint density at radius 1 is 1.00 bits per heavy atom. The van der Waals surface area contributed by atoms with Gasteiger partial charge in [0, 0.05) is 24.6 Å². The van der Waals surface area contributed by atoms with E-state index in [4.69, 9.17) is 4.74 Å². The number of rotatable bonds is 8. The van der Waals surface area contributed by atoms with Gasteiger partial charge in [-0.25, -0.2) is 8.42 Å². The van der Waals surface area contributed by atoms with Crippen molar-refractivity contribution in [2.24, 2.45) is 0 Å². The number of carbonyl (C=O) groups is 1. The minimum atomic E-state index is -3.61. The quantitative estimate of drug-likeness (QED) is 0.557. The predicted octanol–water partition coefficient (Wildman–Crippen LogP) is 3.82. The summed E-state index contributed by atoms with van der Waals surface area (Å²) in [6, 6.07) is 18.8. The summed E-state index contributed by atoms with van der Waals surface area (Å²) in [4.78, 5) is 14.9. The van der Waals surface area contributed by atoms with E-state index < -0.39 is 14.6 Å². The lowest BCUT2D eigenvalue weighted by atomic mass is 9.86. The summed E-state index contributed by atoms with van der Waals surface area (Å²) < 4.78 is 30.2. The van der Waals surface area contributed by atoms with E-state index in [2.05, 4.69) is 11.9 Å². The zero-order valence-corrected chi connectivity index (χ0v) is 18.3. The standard InChI is InChI=1S/C24H27NO4S/c1-4-18-10-12-19(13-11-18)17-24(30(3,27)28,22-9-6-14-25-22)21-8-5-7-20(15-21)16-23(26)29-2/h5-15,25H,4,16-17H2,1-3H3.